The van der Waals surface area contributed by atoms with Crippen LogP contribution in [0, 0.1) is 0 Å². The molecule has 1 aliphatic rings. The van der Waals surface area contributed by atoms with Crippen molar-refractivity contribution in [2.24, 2.45) is 0 Å². The summed E-state index contributed by atoms with van der Waals surface area (Å²) in [6, 6.07) is 3.73. The number of piperidine rings is 1. The third-order valence-corrected chi connectivity index (χ3v) is 3.72. The Morgan fingerprint density at radius 2 is 2.20 bits per heavy atom. The molecule has 0 aliphatic carbocycles. The Bertz CT molecular complexity index is 335. The average Bonchev–Trinajstić information content (AvgIpc) is 2.69. The van der Waals surface area contributed by atoms with E-state index in [0.29, 0.717) is 25.9 Å². The summed E-state index contributed by atoms with van der Waals surface area (Å²) in [4.78, 5) is 14.5. The Labute approximate surface area is 93.3 Å². The predicted molar refractivity (Wildman–Crippen MR) is 60.1 cm³/mol. The average molecular weight is 225 g/mol. The van der Waals surface area contributed by atoms with Gasteiger partial charge in [-0.05, 0) is 31.2 Å². The van der Waals surface area contributed by atoms with Crippen molar-refractivity contribution < 1.29 is 9.90 Å². The molecule has 4 heteroatoms. The third kappa shape index (κ3) is 2.38. The largest absolute Gasteiger partial charge is 0.390 e. The van der Waals surface area contributed by atoms with Crippen molar-refractivity contribution in [3.05, 3.63) is 22.4 Å². The summed E-state index contributed by atoms with van der Waals surface area (Å²) in [5, 5.41) is 11.7. The van der Waals surface area contributed by atoms with E-state index in [1.54, 1.807) is 0 Å². The molecule has 0 saturated carbocycles. The fourth-order valence-corrected chi connectivity index (χ4v) is 2.44. The smallest absolute Gasteiger partial charge is 0.263 e. The summed E-state index contributed by atoms with van der Waals surface area (Å²) < 4.78 is 0. The molecule has 0 bridgehead atoms. The lowest BCUT2D eigenvalue weighted by Gasteiger charge is -2.35. The molecule has 1 saturated heterocycles. The number of likely N-dealkylation sites (tertiary alicyclic amines) is 1. The number of rotatable bonds is 1. The molecule has 1 amide bonds. The number of carbonyl (C=O) groups excluding carboxylic acids is 1. The first-order valence-corrected chi connectivity index (χ1v) is 6.02. The van der Waals surface area contributed by atoms with Gasteiger partial charge in [0.1, 0.15) is 0 Å². The SMILES string of the molecule is CC1(O)CCN(C(=O)c2cccs2)CC1. The van der Waals surface area contributed by atoms with Crippen molar-refractivity contribution >= 4 is 17.2 Å². The van der Waals surface area contributed by atoms with E-state index in [0.717, 1.165) is 4.88 Å². The van der Waals surface area contributed by atoms with Crippen LogP contribution in [0.1, 0.15) is 29.4 Å². The maximum atomic E-state index is 11.9. The number of thiophene rings is 1. The normalized spacial score (nSPS) is 20.3. The highest BCUT2D eigenvalue weighted by atomic mass is 32.1. The topological polar surface area (TPSA) is 40.5 Å². The minimum atomic E-state index is -0.591. The molecule has 0 radical (unpaired) electrons. The summed E-state index contributed by atoms with van der Waals surface area (Å²) in [6.07, 6.45) is 1.34. The molecule has 3 nitrogen and oxygen atoms in total. The van der Waals surface area contributed by atoms with Crippen LogP contribution in [0.3, 0.4) is 0 Å². The van der Waals surface area contributed by atoms with Gasteiger partial charge >= 0.3 is 0 Å². The van der Waals surface area contributed by atoms with E-state index < -0.39 is 5.60 Å². The van der Waals surface area contributed by atoms with Crippen LogP contribution in [0.25, 0.3) is 0 Å². The molecule has 0 atom stereocenters. The highest BCUT2D eigenvalue weighted by molar-refractivity contribution is 7.12. The zero-order valence-electron chi connectivity index (χ0n) is 8.77. The summed E-state index contributed by atoms with van der Waals surface area (Å²) in [5.74, 6) is 0.0977. The second-order valence-corrected chi connectivity index (χ2v) is 5.21. The van der Waals surface area contributed by atoms with Gasteiger partial charge in [-0.2, -0.15) is 0 Å². The van der Waals surface area contributed by atoms with Crippen LogP contribution in [0.5, 0.6) is 0 Å². The number of aliphatic hydroxyl groups is 1. The Morgan fingerprint density at radius 1 is 1.53 bits per heavy atom. The van der Waals surface area contributed by atoms with Gasteiger partial charge in [-0.25, -0.2) is 0 Å². The van der Waals surface area contributed by atoms with Gasteiger partial charge in [0, 0.05) is 13.1 Å². The molecule has 1 N–H and O–H groups in total. The molecule has 1 aromatic heterocycles. The van der Waals surface area contributed by atoms with Crippen molar-refractivity contribution in [1.82, 2.24) is 4.90 Å². The Kier molecular flexibility index (Phi) is 2.80. The van der Waals surface area contributed by atoms with E-state index in [1.807, 2.05) is 29.3 Å². The van der Waals surface area contributed by atoms with Gasteiger partial charge in [0.25, 0.3) is 5.91 Å². The lowest BCUT2D eigenvalue weighted by atomic mass is 9.94. The van der Waals surface area contributed by atoms with Crippen LogP contribution >= 0.6 is 11.3 Å². The van der Waals surface area contributed by atoms with Gasteiger partial charge in [-0.15, -0.1) is 11.3 Å². The summed E-state index contributed by atoms with van der Waals surface area (Å²) in [7, 11) is 0. The molecule has 1 aliphatic heterocycles. The second-order valence-electron chi connectivity index (χ2n) is 4.27. The lowest BCUT2D eigenvalue weighted by Crippen LogP contribution is -2.44. The molecular weight excluding hydrogens is 210 g/mol. The molecule has 0 spiro atoms. The van der Waals surface area contributed by atoms with E-state index in [9.17, 15) is 9.90 Å². The maximum absolute atomic E-state index is 11.9. The van der Waals surface area contributed by atoms with Gasteiger partial charge < -0.3 is 10.0 Å². The molecule has 82 valence electrons. The number of hydrogen-bond acceptors (Lipinski definition) is 3. The van der Waals surface area contributed by atoms with Gasteiger partial charge in [-0.1, -0.05) is 6.07 Å². The van der Waals surface area contributed by atoms with E-state index in [-0.39, 0.29) is 5.91 Å². The van der Waals surface area contributed by atoms with E-state index >= 15 is 0 Å². The zero-order chi connectivity index (χ0) is 10.9. The minimum absolute atomic E-state index is 0.0977. The minimum Gasteiger partial charge on any atom is -0.390 e. The van der Waals surface area contributed by atoms with E-state index in [1.165, 1.54) is 11.3 Å². The van der Waals surface area contributed by atoms with Crippen LogP contribution in [0.15, 0.2) is 17.5 Å². The predicted octanol–water partition coefficient (Wildman–Crippen LogP) is 1.74. The van der Waals surface area contributed by atoms with Crippen LogP contribution < -0.4 is 0 Å². The number of hydrogen-bond donors (Lipinski definition) is 1. The summed E-state index contributed by atoms with van der Waals surface area (Å²) in [5.41, 5.74) is -0.591. The monoisotopic (exact) mass is 225 g/mol. The molecule has 2 heterocycles. The second kappa shape index (κ2) is 3.94. The zero-order valence-corrected chi connectivity index (χ0v) is 9.59. The Morgan fingerprint density at radius 3 is 2.73 bits per heavy atom. The van der Waals surface area contributed by atoms with E-state index in [2.05, 4.69) is 0 Å². The van der Waals surface area contributed by atoms with Crippen molar-refractivity contribution in [1.29, 1.82) is 0 Å². The summed E-state index contributed by atoms with van der Waals surface area (Å²) in [6.45, 7) is 3.15. The highest BCUT2D eigenvalue weighted by Crippen LogP contribution is 2.23. The summed E-state index contributed by atoms with van der Waals surface area (Å²) >= 11 is 1.47. The van der Waals surface area contributed by atoms with Crippen LogP contribution in [0.4, 0.5) is 0 Å². The number of nitrogens with zero attached hydrogens (tertiary/aromatic N) is 1. The lowest BCUT2D eigenvalue weighted by molar-refractivity contribution is -0.00187. The van der Waals surface area contributed by atoms with Gasteiger partial charge in [0.15, 0.2) is 0 Å². The first-order valence-electron chi connectivity index (χ1n) is 5.14. The highest BCUT2D eigenvalue weighted by Gasteiger charge is 2.30. The van der Waals surface area contributed by atoms with Crippen molar-refractivity contribution in [2.45, 2.75) is 25.4 Å². The quantitative estimate of drug-likeness (QED) is 0.790. The Balaban J connectivity index is 2.00. The van der Waals surface area contributed by atoms with Crippen LogP contribution in [0.2, 0.25) is 0 Å². The maximum Gasteiger partial charge on any atom is 0.263 e. The first-order chi connectivity index (χ1) is 7.08. The molecule has 2 rings (SSSR count). The van der Waals surface area contributed by atoms with Gasteiger partial charge in [0.05, 0.1) is 10.5 Å². The Hall–Kier alpha value is -0.870. The molecular formula is C11H15NO2S. The van der Waals surface area contributed by atoms with Crippen molar-refractivity contribution in [2.75, 3.05) is 13.1 Å². The van der Waals surface area contributed by atoms with Crippen LogP contribution in [-0.4, -0.2) is 34.6 Å². The van der Waals surface area contributed by atoms with Crippen molar-refractivity contribution in [3.8, 4) is 0 Å². The third-order valence-electron chi connectivity index (χ3n) is 2.86. The molecule has 1 aromatic rings. The number of amides is 1. The molecule has 0 aromatic carbocycles. The van der Waals surface area contributed by atoms with Crippen molar-refractivity contribution in [3.63, 3.8) is 0 Å². The molecule has 0 unspecified atom stereocenters. The fraction of sp³-hybridized carbons (Fsp3) is 0.545. The molecule has 15 heavy (non-hydrogen) atoms. The standard InChI is InChI=1S/C11H15NO2S/c1-11(14)4-6-12(7-5-11)10(13)9-3-2-8-15-9/h2-3,8,14H,4-7H2,1H3. The van der Waals surface area contributed by atoms with Gasteiger partial charge in [0.2, 0.25) is 0 Å². The van der Waals surface area contributed by atoms with E-state index in [4.69, 9.17) is 0 Å². The first kappa shape index (κ1) is 10.6. The number of carbonyl (C=O) groups is 1. The molecule has 1 fully saturated rings. The van der Waals surface area contributed by atoms with Crippen LogP contribution in [-0.2, 0) is 0 Å². The van der Waals surface area contributed by atoms with Gasteiger partial charge in [-0.3, -0.25) is 4.79 Å². The fourth-order valence-electron chi connectivity index (χ4n) is 1.75.